The molecule has 160 valence electrons. The van der Waals surface area contributed by atoms with Crippen LogP contribution in [0.15, 0.2) is 58.6 Å². The quantitative estimate of drug-likeness (QED) is 0.473. The van der Waals surface area contributed by atoms with E-state index >= 15 is 0 Å². The first-order chi connectivity index (χ1) is 15.0. The minimum absolute atomic E-state index is 0.0859. The SMILES string of the molecule is Cn1c(=O)c2c(ncn2CCCC(=O)NCc2cnn(-c3ccccc3)c2)n(C)c1=O. The molecule has 0 unspecified atom stereocenters. The molecule has 1 N–H and O–H groups in total. The average molecular weight is 421 g/mol. The minimum Gasteiger partial charge on any atom is -0.352 e. The van der Waals surface area contributed by atoms with Gasteiger partial charge in [0.2, 0.25) is 5.91 Å². The number of nitrogens with zero attached hydrogens (tertiary/aromatic N) is 6. The fraction of sp³-hybridized carbons (Fsp3) is 0.286. The maximum atomic E-state index is 12.4. The van der Waals surface area contributed by atoms with E-state index in [1.807, 2.05) is 36.5 Å². The number of hydrogen-bond donors (Lipinski definition) is 1. The molecule has 0 atom stereocenters. The van der Waals surface area contributed by atoms with Gasteiger partial charge in [0.1, 0.15) is 0 Å². The molecule has 0 fully saturated rings. The van der Waals surface area contributed by atoms with Gasteiger partial charge in [0, 0.05) is 45.4 Å². The van der Waals surface area contributed by atoms with Crippen LogP contribution in [0.2, 0.25) is 0 Å². The molecule has 10 nitrogen and oxygen atoms in total. The topological polar surface area (TPSA) is 109 Å². The van der Waals surface area contributed by atoms with Crippen LogP contribution in [-0.2, 0) is 32.0 Å². The molecule has 0 spiro atoms. The zero-order valence-electron chi connectivity index (χ0n) is 17.4. The minimum atomic E-state index is -0.419. The summed E-state index contributed by atoms with van der Waals surface area (Å²) in [6.45, 7) is 0.839. The van der Waals surface area contributed by atoms with Crippen molar-refractivity contribution >= 4 is 17.1 Å². The van der Waals surface area contributed by atoms with Crippen LogP contribution >= 0.6 is 0 Å². The highest BCUT2D eigenvalue weighted by atomic mass is 16.2. The lowest BCUT2D eigenvalue weighted by atomic mass is 10.2. The highest BCUT2D eigenvalue weighted by Gasteiger charge is 2.14. The molecule has 3 aromatic heterocycles. The summed E-state index contributed by atoms with van der Waals surface area (Å²) in [6, 6.07) is 9.75. The highest BCUT2D eigenvalue weighted by molar-refractivity contribution is 5.75. The van der Waals surface area contributed by atoms with Crippen molar-refractivity contribution in [3.05, 3.63) is 75.5 Å². The van der Waals surface area contributed by atoms with Crippen molar-refractivity contribution < 1.29 is 4.79 Å². The van der Waals surface area contributed by atoms with Gasteiger partial charge in [-0.1, -0.05) is 18.2 Å². The summed E-state index contributed by atoms with van der Waals surface area (Å²) in [4.78, 5) is 40.9. The Kier molecular flexibility index (Phi) is 5.52. The number of carbonyl (C=O) groups excluding carboxylic acids is 1. The van der Waals surface area contributed by atoms with Crippen LogP contribution in [0, 0.1) is 0 Å². The third kappa shape index (κ3) is 4.04. The summed E-state index contributed by atoms with van der Waals surface area (Å²) < 4.78 is 5.85. The van der Waals surface area contributed by atoms with E-state index in [-0.39, 0.29) is 5.91 Å². The Bertz CT molecular complexity index is 1350. The van der Waals surface area contributed by atoms with Crippen LogP contribution in [0.5, 0.6) is 0 Å². The number of para-hydroxylation sites is 1. The maximum absolute atomic E-state index is 12.4. The molecule has 0 bridgehead atoms. The van der Waals surface area contributed by atoms with Gasteiger partial charge >= 0.3 is 5.69 Å². The van der Waals surface area contributed by atoms with Gasteiger partial charge in [0.25, 0.3) is 5.56 Å². The lowest BCUT2D eigenvalue weighted by molar-refractivity contribution is -0.121. The number of aromatic nitrogens is 6. The Morgan fingerprint density at radius 3 is 2.65 bits per heavy atom. The van der Waals surface area contributed by atoms with Crippen molar-refractivity contribution in [1.29, 1.82) is 0 Å². The molecule has 0 aliphatic rings. The molecule has 10 heteroatoms. The summed E-state index contributed by atoms with van der Waals surface area (Å²) in [6.07, 6.45) is 5.98. The highest BCUT2D eigenvalue weighted by Crippen LogP contribution is 2.09. The second kappa shape index (κ2) is 8.42. The number of rotatable bonds is 7. The number of amides is 1. The van der Waals surface area contributed by atoms with Crippen molar-refractivity contribution in [2.75, 3.05) is 0 Å². The predicted octanol–water partition coefficient (Wildman–Crippen LogP) is 0.716. The van der Waals surface area contributed by atoms with Gasteiger partial charge in [-0.15, -0.1) is 0 Å². The van der Waals surface area contributed by atoms with Crippen molar-refractivity contribution in [2.24, 2.45) is 14.1 Å². The van der Waals surface area contributed by atoms with Crippen LogP contribution in [-0.4, -0.2) is 34.4 Å². The van der Waals surface area contributed by atoms with E-state index in [1.54, 1.807) is 22.5 Å². The average Bonchev–Trinajstić information content (AvgIpc) is 3.43. The second-order valence-corrected chi connectivity index (χ2v) is 7.32. The van der Waals surface area contributed by atoms with Crippen LogP contribution in [0.4, 0.5) is 0 Å². The maximum Gasteiger partial charge on any atom is 0.332 e. The normalized spacial score (nSPS) is 11.2. The molecule has 0 aliphatic carbocycles. The van der Waals surface area contributed by atoms with E-state index in [0.717, 1.165) is 15.8 Å². The van der Waals surface area contributed by atoms with Crippen molar-refractivity contribution in [3.8, 4) is 5.69 Å². The van der Waals surface area contributed by atoms with E-state index in [0.29, 0.717) is 37.1 Å². The second-order valence-electron chi connectivity index (χ2n) is 7.32. The molecular formula is C21H23N7O3. The molecule has 1 amide bonds. The third-order valence-electron chi connectivity index (χ3n) is 5.17. The molecule has 0 aliphatic heterocycles. The van der Waals surface area contributed by atoms with Crippen LogP contribution < -0.4 is 16.6 Å². The molecule has 1 aromatic carbocycles. The number of imidazole rings is 1. The number of hydrogen-bond acceptors (Lipinski definition) is 5. The first-order valence-electron chi connectivity index (χ1n) is 9.92. The van der Waals surface area contributed by atoms with E-state index < -0.39 is 11.2 Å². The molecule has 31 heavy (non-hydrogen) atoms. The van der Waals surface area contributed by atoms with Gasteiger partial charge < -0.3 is 9.88 Å². The monoisotopic (exact) mass is 421 g/mol. The van der Waals surface area contributed by atoms with E-state index in [9.17, 15) is 14.4 Å². The first-order valence-corrected chi connectivity index (χ1v) is 9.92. The number of fused-ring (bicyclic) bond motifs is 1. The van der Waals surface area contributed by atoms with Crippen LogP contribution in [0.25, 0.3) is 16.9 Å². The first kappa shape index (κ1) is 20.3. The zero-order chi connectivity index (χ0) is 22.0. The third-order valence-corrected chi connectivity index (χ3v) is 5.17. The van der Waals surface area contributed by atoms with Crippen molar-refractivity contribution in [1.82, 2.24) is 33.8 Å². The predicted molar refractivity (Wildman–Crippen MR) is 115 cm³/mol. The van der Waals surface area contributed by atoms with Gasteiger partial charge in [0.15, 0.2) is 11.2 Å². The summed E-state index contributed by atoms with van der Waals surface area (Å²) in [5.74, 6) is -0.0859. The van der Waals surface area contributed by atoms with Crippen molar-refractivity contribution in [2.45, 2.75) is 25.9 Å². The summed E-state index contributed by atoms with van der Waals surface area (Å²) in [5, 5.41) is 7.21. The van der Waals surface area contributed by atoms with Crippen LogP contribution in [0.1, 0.15) is 18.4 Å². The Hall–Kier alpha value is -3.95. The smallest absolute Gasteiger partial charge is 0.332 e. The fourth-order valence-corrected chi connectivity index (χ4v) is 3.44. The molecule has 3 heterocycles. The largest absolute Gasteiger partial charge is 0.352 e. The van der Waals surface area contributed by atoms with Gasteiger partial charge in [0.05, 0.1) is 18.2 Å². The van der Waals surface area contributed by atoms with Gasteiger partial charge in [-0.3, -0.25) is 18.7 Å². The number of aryl methyl sites for hydroxylation is 2. The Morgan fingerprint density at radius 1 is 1.10 bits per heavy atom. The van der Waals surface area contributed by atoms with Crippen molar-refractivity contribution in [3.63, 3.8) is 0 Å². The molecule has 0 radical (unpaired) electrons. The van der Waals surface area contributed by atoms with E-state index in [1.165, 1.54) is 17.9 Å². The summed E-state index contributed by atoms with van der Waals surface area (Å²) in [5.41, 5.74) is 1.75. The summed E-state index contributed by atoms with van der Waals surface area (Å²) >= 11 is 0. The Labute approximate surface area is 177 Å². The number of benzene rings is 1. The van der Waals surface area contributed by atoms with E-state index in [2.05, 4.69) is 15.4 Å². The number of nitrogens with one attached hydrogen (secondary N) is 1. The standard InChI is InChI=1S/C21H23N7O3/c1-25-19-18(20(30)26(2)21(25)31)27(14-23-19)10-6-9-17(29)22-11-15-12-24-28(13-15)16-7-4-3-5-8-16/h3-5,7-8,12-14H,6,9-11H2,1-2H3,(H,22,29). The summed E-state index contributed by atoms with van der Waals surface area (Å²) in [7, 11) is 3.02. The van der Waals surface area contributed by atoms with Crippen LogP contribution in [0.3, 0.4) is 0 Å². The molecule has 0 saturated carbocycles. The van der Waals surface area contributed by atoms with Gasteiger partial charge in [-0.25, -0.2) is 14.5 Å². The molecule has 4 rings (SSSR count). The lowest BCUT2D eigenvalue weighted by Gasteiger charge is -2.07. The molecular weight excluding hydrogens is 398 g/mol. The van der Waals surface area contributed by atoms with Gasteiger partial charge in [-0.2, -0.15) is 5.10 Å². The van der Waals surface area contributed by atoms with Gasteiger partial charge in [-0.05, 0) is 18.6 Å². The lowest BCUT2D eigenvalue weighted by Crippen LogP contribution is -2.37. The number of carbonyl (C=O) groups is 1. The molecule has 4 aromatic rings. The Morgan fingerprint density at radius 2 is 1.87 bits per heavy atom. The zero-order valence-corrected chi connectivity index (χ0v) is 17.4. The fourth-order valence-electron chi connectivity index (χ4n) is 3.44. The Balaban J connectivity index is 1.33. The molecule has 0 saturated heterocycles. The van der Waals surface area contributed by atoms with E-state index in [4.69, 9.17) is 0 Å².